The van der Waals surface area contributed by atoms with Gasteiger partial charge in [0.15, 0.2) is 0 Å². The highest BCUT2D eigenvalue weighted by Crippen LogP contribution is 2.31. The summed E-state index contributed by atoms with van der Waals surface area (Å²) in [7, 11) is 0. The summed E-state index contributed by atoms with van der Waals surface area (Å²) < 4.78 is 0. The second-order valence-corrected chi connectivity index (χ2v) is 5.02. The van der Waals surface area contributed by atoms with Crippen LogP contribution in [-0.2, 0) is 0 Å². The summed E-state index contributed by atoms with van der Waals surface area (Å²) in [6.07, 6.45) is 8.94. The Morgan fingerprint density at radius 2 is 2.06 bits per heavy atom. The van der Waals surface area contributed by atoms with Crippen molar-refractivity contribution in [1.29, 1.82) is 0 Å². The molecule has 0 radical (unpaired) electrons. The Morgan fingerprint density at radius 1 is 1.31 bits per heavy atom. The van der Waals surface area contributed by atoms with Gasteiger partial charge in [0.25, 0.3) is 0 Å². The van der Waals surface area contributed by atoms with Gasteiger partial charge in [-0.2, -0.15) is 0 Å². The fraction of sp³-hybridized carbons (Fsp3) is 0.643. The van der Waals surface area contributed by atoms with E-state index in [2.05, 4.69) is 4.98 Å². The average Bonchev–Trinajstić information content (AvgIpc) is 2.31. The number of aliphatic hydroxyl groups excluding tert-OH is 1. The molecule has 88 valence electrons. The topological polar surface area (TPSA) is 33.1 Å². The number of pyridine rings is 1. The molecule has 1 aromatic rings. The summed E-state index contributed by atoms with van der Waals surface area (Å²) in [6, 6.07) is 3.97. The molecule has 0 aliphatic heterocycles. The van der Waals surface area contributed by atoms with E-state index in [1.807, 2.05) is 25.3 Å². The Labute approximate surface area is 97.7 Å². The summed E-state index contributed by atoms with van der Waals surface area (Å²) in [5.74, 6) is 0.701. The van der Waals surface area contributed by atoms with Crippen LogP contribution in [0, 0.1) is 12.8 Å². The van der Waals surface area contributed by atoms with Crippen molar-refractivity contribution in [2.75, 3.05) is 0 Å². The highest BCUT2D eigenvalue weighted by atomic mass is 16.3. The highest BCUT2D eigenvalue weighted by molar-refractivity contribution is 5.13. The van der Waals surface area contributed by atoms with Crippen molar-refractivity contribution >= 4 is 0 Å². The Morgan fingerprint density at radius 3 is 2.69 bits per heavy atom. The third kappa shape index (κ3) is 3.05. The zero-order valence-electron chi connectivity index (χ0n) is 10.0. The molecule has 1 aliphatic carbocycles. The lowest BCUT2D eigenvalue weighted by Crippen LogP contribution is -2.11. The number of aromatic nitrogens is 1. The van der Waals surface area contributed by atoms with E-state index in [9.17, 15) is 5.11 Å². The quantitative estimate of drug-likeness (QED) is 0.845. The van der Waals surface area contributed by atoms with Gasteiger partial charge in [0.05, 0.1) is 11.8 Å². The lowest BCUT2D eigenvalue weighted by molar-refractivity contribution is 0.127. The third-order valence-corrected chi connectivity index (χ3v) is 3.56. The first-order valence-electron chi connectivity index (χ1n) is 6.36. The number of aryl methyl sites for hydroxylation is 1. The SMILES string of the molecule is Cc1ccc(C(O)CC2CCCCC2)nc1. The number of rotatable bonds is 3. The Balaban J connectivity index is 1.91. The first kappa shape index (κ1) is 11.6. The second kappa shape index (κ2) is 5.44. The maximum Gasteiger partial charge on any atom is 0.0962 e. The van der Waals surface area contributed by atoms with Gasteiger partial charge >= 0.3 is 0 Å². The standard InChI is InChI=1S/C14H21NO/c1-11-7-8-13(15-10-11)14(16)9-12-5-3-2-4-6-12/h7-8,10,12,14,16H,2-6,9H2,1H3. The summed E-state index contributed by atoms with van der Waals surface area (Å²) in [4.78, 5) is 4.29. The minimum Gasteiger partial charge on any atom is -0.387 e. The maximum absolute atomic E-state index is 10.1. The first-order chi connectivity index (χ1) is 7.75. The lowest BCUT2D eigenvalue weighted by Gasteiger charge is -2.23. The zero-order chi connectivity index (χ0) is 11.4. The number of hydrogen-bond acceptors (Lipinski definition) is 2. The molecular formula is C14H21NO. The molecule has 2 heteroatoms. The van der Waals surface area contributed by atoms with Crippen molar-refractivity contribution in [2.45, 2.75) is 51.6 Å². The molecule has 2 nitrogen and oxygen atoms in total. The van der Waals surface area contributed by atoms with Gasteiger partial charge in [0.1, 0.15) is 0 Å². The van der Waals surface area contributed by atoms with E-state index in [0.29, 0.717) is 5.92 Å². The predicted molar refractivity (Wildman–Crippen MR) is 65.1 cm³/mol. The summed E-state index contributed by atoms with van der Waals surface area (Å²) in [6.45, 7) is 2.02. The van der Waals surface area contributed by atoms with Crippen LogP contribution in [0.4, 0.5) is 0 Å². The molecule has 1 N–H and O–H groups in total. The van der Waals surface area contributed by atoms with Gasteiger partial charge in [-0.15, -0.1) is 0 Å². The normalized spacial score (nSPS) is 19.6. The van der Waals surface area contributed by atoms with Crippen LogP contribution in [0.15, 0.2) is 18.3 Å². The smallest absolute Gasteiger partial charge is 0.0962 e. The van der Waals surface area contributed by atoms with Crippen molar-refractivity contribution in [1.82, 2.24) is 4.98 Å². The van der Waals surface area contributed by atoms with Crippen LogP contribution < -0.4 is 0 Å². The Kier molecular flexibility index (Phi) is 3.94. The number of nitrogens with zero attached hydrogens (tertiary/aromatic N) is 1. The van der Waals surface area contributed by atoms with Gasteiger partial charge < -0.3 is 5.11 Å². The molecule has 1 saturated carbocycles. The molecule has 0 bridgehead atoms. The van der Waals surface area contributed by atoms with Gasteiger partial charge in [-0.25, -0.2) is 0 Å². The van der Waals surface area contributed by atoms with Crippen LogP contribution in [-0.4, -0.2) is 10.1 Å². The summed E-state index contributed by atoms with van der Waals surface area (Å²) in [5, 5.41) is 10.1. The molecule has 1 heterocycles. The van der Waals surface area contributed by atoms with E-state index in [-0.39, 0.29) is 6.10 Å². The molecule has 16 heavy (non-hydrogen) atoms. The largest absolute Gasteiger partial charge is 0.387 e. The van der Waals surface area contributed by atoms with Crippen molar-refractivity contribution in [3.8, 4) is 0 Å². The molecule has 1 aliphatic rings. The molecule has 0 amide bonds. The lowest BCUT2D eigenvalue weighted by atomic mass is 9.85. The van der Waals surface area contributed by atoms with Crippen molar-refractivity contribution < 1.29 is 5.11 Å². The molecule has 0 saturated heterocycles. The van der Waals surface area contributed by atoms with Crippen LogP contribution in [0.3, 0.4) is 0 Å². The maximum atomic E-state index is 10.1. The van der Waals surface area contributed by atoms with Crippen LogP contribution in [0.1, 0.15) is 55.9 Å². The number of aliphatic hydroxyl groups is 1. The van der Waals surface area contributed by atoms with Gasteiger partial charge in [0, 0.05) is 6.20 Å². The molecule has 0 aromatic carbocycles. The summed E-state index contributed by atoms with van der Waals surface area (Å²) in [5.41, 5.74) is 1.98. The van der Waals surface area contributed by atoms with Crippen molar-refractivity contribution in [3.05, 3.63) is 29.6 Å². The molecule has 1 aromatic heterocycles. The van der Waals surface area contributed by atoms with Crippen LogP contribution in [0.5, 0.6) is 0 Å². The fourth-order valence-corrected chi connectivity index (χ4v) is 2.54. The minimum atomic E-state index is -0.372. The van der Waals surface area contributed by atoms with Gasteiger partial charge in [0.2, 0.25) is 0 Å². The number of hydrogen-bond donors (Lipinski definition) is 1. The van der Waals surface area contributed by atoms with Gasteiger partial charge in [-0.3, -0.25) is 4.98 Å². The van der Waals surface area contributed by atoms with Crippen LogP contribution in [0.2, 0.25) is 0 Å². The summed E-state index contributed by atoms with van der Waals surface area (Å²) >= 11 is 0. The predicted octanol–water partition coefficient (Wildman–Crippen LogP) is 3.39. The van der Waals surface area contributed by atoms with E-state index < -0.39 is 0 Å². The van der Waals surface area contributed by atoms with E-state index in [1.165, 1.54) is 32.1 Å². The monoisotopic (exact) mass is 219 g/mol. The van der Waals surface area contributed by atoms with Crippen molar-refractivity contribution in [2.24, 2.45) is 5.92 Å². The molecule has 1 unspecified atom stereocenters. The van der Waals surface area contributed by atoms with Crippen molar-refractivity contribution in [3.63, 3.8) is 0 Å². The molecule has 1 fully saturated rings. The third-order valence-electron chi connectivity index (χ3n) is 3.56. The first-order valence-corrected chi connectivity index (χ1v) is 6.36. The van der Waals surface area contributed by atoms with Crippen LogP contribution >= 0.6 is 0 Å². The van der Waals surface area contributed by atoms with Gasteiger partial charge in [-0.05, 0) is 30.9 Å². The van der Waals surface area contributed by atoms with E-state index in [1.54, 1.807) is 0 Å². The van der Waals surface area contributed by atoms with E-state index in [4.69, 9.17) is 0 Å². The van der Waals surface area contributed by atoms with Crippen LogP contribution in [0.25, 0.3) is 0 Å². The minimum absolute atomic E-state index is 0.372. The van der Waals surface area contributed by atoms with E-state index >= 15 is 0 Å². The molecule has 0 spiro atoms. The Bertz CT molecular complexity index is 314. The highest BCUT2D eigenvalue weighted by Gasteiger charge is 2.19. The van der Waals surface area contributed by atoms with E-state index in [0.717, 1.165) is 17.7 Å². The molecular weight excluding hydrogens is 198 g/mol. The molecule has 1 atom stereocenters. The van der Waals surface area contributed by atoms with Gasteiger partial charge in [-0.1, -0.05) is 38.2 Å². The molecule has 2 rings (SSSR count). The average molecular weight is 219 g/mol. The second-order valence-electron chi connectivity index (χ2n) is 5.02. The Hall–Kier alpha value is -0.890. The fourth-order valence-electron chi connectivity index (χ4n) is 2.54. The zero-order valence-corrected chi connectivity index (χ0v) is 10.0.